The van der Waals surface area contributed by atoms with Gasteiger partial charge in [-0.25, -0.2) is 0 Å². The van der Waals surface area contributed by atoms with Gasteiger partial charge in [0.1, 0.15) is 6.10 Å². The third kappa shape index (κ3) is 6.81. The van der Waals surface area contributed by atoms with Crippen LogP contribution in [0.4, 0.5) is 23.0 Å². The predicted octanol–water partition coefficient (Wildman–Crippen LogP) is 3.65. The molecule has 0 saturated carbocycles. The summed E-state index contributed by atoms with van der Waals surface area (Å²) in [5, 5.41) is 8.69. The number of benzene rings is 1. The highest BCUT2D eigenvalue weighted by atomic mass is 19.5. The lowest BCUT2D eigenvalue weighted by Gasteiger charge is -2.13. The van der Waals surface area contributed by atoms with Gasteiger partial charge in [-0.2, -0.15) is 0 Å². The summed E-state index contributed by atoms with van der Waals surface area (Å²) in [5.41, 5.74) is 0.440. The average Bonchev–Trinajstić information content (AvgIpc) is 2.89. The van der Waals surface area contributed by atoms with Gasteiger partial charge in [-0.1, -0.05) is 0 Å². The normalized spacial score (nSPS) is 17.4. The van der Waals surface area contributed by atoms with Crippen LogP contribution in [-0.4, -0.2) is 33.7 Å². The van der Waals surface area contributed by atoms with Gasteiger partial charge in [-0.15, -0.1) is 0 Å². The minimum Gasteiger partial charge on any atom is -0.493 e. The van der Waals surface area contributed by atoms with E-state index in [0.29, 0.717) is 23.8 Å². The van der Waals surface area contributed by atoms with Crippen LogP contribution in [0.1, 0.15) is 6.42 Å². The molecule has 10 heteroatoms. The van der Waals surface area contributed by atoms with Crippen molar-refractivity contribution in [2.24, 2.45) is 0 Å². The molecule has 1 fully saturated rings. The van der Waals surface area contributed by atoms with Gasteiger partial charge in [0.05, 0.1) is 26.4 Å². The van der Waals surface area contributed by atoms with Crippen molar-refractivity contribution in [1.29, 1.82) is 5.39 Å². The van der Waals surface area contributed by atoms with E-state index in [0.717, 1.165) is 13.0 Å². The van der Waals surface area contributed by atoms with E-state index in [1.807, 2.05) is 0 Å². The fourth-order valence-corrected chi connectivity index (χ4v) is 1.61. The van der Waals surface area contributed by atoms with Gasteiger partial charge in [-0.3, -0.25) is 0 Å². The lowest BCUT2D eigenvalue weighted by molar-refractivity contribution is 0.139. The van der Waals surface area contributed by atoms with Gasteiger partial charge >= 0.3 is 12.9 Å². The number of ether oxygens (including phenoxy) is 3. The zero-order chi connectivity index (χ0) is 15.9. The number of rotatable bonds is 3. The Bertz CT molecular complexity index is 495. The van der Waals surface area contributed by atoms with E-state index in [1.165, 1.54) is 0 Å². The van der Waals surface area contributed by atoms with Crippen molar-refractivity contribution in [1.82, 2.24) is 0 Å². The molecule has 0 aliphatic carbocycles. The molecule has 5 nitrogen and oxygen atoms in total. The Balaban J connectivity index is 0.000000383. The zero-order valence-electron chi connectivity index (χ0n) is 11.1. The lowest BCUT2D eigenvalue weighted by Crippen LogP contribution is -2.16. The summed E-state index contributed by atoms with van der Waals surface area (Å²) >= 11 is 0. The molecular weight excluding hydrogens is 295 g/mol. The number of hydrogen-bond acceptors (Lipinski definition) is 4. The van der Waals surface area contributed by atoms with Crippen molar-refractivity contribution in [2.45, 2.75) is 12.5 Å². The fourth-order valence-electron chi connectivity index (χ4n) is 1.61. The number of methoxy groups -OCH3 is 1. The second-order valence-corrected chi connectivity index (χ2v) is 4.03. The Morgan fingerprint density at radius 1 is 1.29 bits per heavy atom. The smallest absolute Gasteiger partial charge is 0.493 e. The highest BCUT2D eigenvalue weighted by Crippen LogP contribution is 2.33. The van der Waals surface area contributed by atoms with Gasteiger partial charge < -0.3 is 31.5 Å². The first-order valence-electron chi connectivity index (χ1n) is 5.98. The Labute approximate surface area is 118 Å². The van der Waals surface area contributed by atoms with Crippen LogP contribution in [0.15, 0.2) is 18.2 Å². The Morgan fingerprint density at radius 3 is 2.43 bits per heavy atom. The average molecular weight is 308 g/mol. The van der Waals surface area contributed by atoms with Crippen LogP contribution in [0, 0.1) is 5.39 Å². The van der Waals surface area contributed by atoms with Gasteiger partial charge in [0.25, 0.3) is 0 Å². The summed E-state index contributed by atoms with van der Waals surface area (Å²) in [7, 11) is -4.43. The standard InChI is InChI=1S/C11H13N2O3.BF4/c1-14-10-3-2-8(13-12)6-11(10)16-9-4-5-15-7-9;2-1(3,4)5/h2-3,6,9H,4-5,7H2,1H3;/q+1;-1. The first kappa shape index (κ1) is 17.0. The maximum Gasteiger partial charge on any atom is 0.673 e. The van der Waals surface area contributed by atoms with E-state index in [4.69, 9.17) is 19.6 Å². The topological polar surface area (TPSA) is 55.8 Å². The molecule has 1 saturated heterocycles. The van der Waals surface area contributed by atoms with Gasteiger partial charge in [0, 0.05) is 12.5 Å². The molecular formula is C11H13BF4N2O3. The predicted molar refractivity (Wildman–Crippen MR) is 67.8 cm³/mol. The van der Waals surface area contributed by atoms with Crippen LogP contribution >= 0.6 is 0 Å². The fraction of sp³-hybridized carbons (Fsp3) is 0.455. The van der Waals surface area contributed by atoms with Gasteiger partial charge in [0.15, 0.2) is 16.5 Å². The van der Waals surface area contributed by atoms with E-state index in [1.54, 1.807) is 25.3 Å². The van der Waals surface area contributed by atoms with E-state index in [2.05, 4.69) is 4.98 Å². The molecule has 1 unspecified atom stereocenters. The van der Waals surface area contributed by atoms with Gasteiger partial charge in [0.2, 0.25) is 5.39 Å². The molecule has 0 amide bonds. The Hall–Kier alpha value is -2.02. The minimum absolute atomic E-state index is 0.0443. The Morgan fingerprint density at radius 2 is 1.95 bits per heavy atom. The summed E-state index contributed by atoms with van der Waals surface area (Å²) in [6.07, 6.45) is 0.909. The van der Waals surface area contributed by atoms with Crippen molar-refractivity contribution in [2.75, 3.05) is 20.3 Å². The van der Waals surface area contributed by atoms with Gasteiger partial charge in [-0.05, 0) is 6.07 Å². The summed E-state index contributed by atoms with van der Waals surface area (Å²) in [5.74, 6) is 1.20. The molecule has 1 aliphatic heterocycles. The molecule has 0 N–H and O–H groups in total. The largest absolute Gasteiger partial charge is 0.673 e. The number of halogens is 4. The Kier molecular flexibility index (Phi) is 6.23. The lowest BCUT2D eigenvalue weighted by atomic mass is 10.2. The second kappa shape index (κ2) is 7.68. The molecule has 0 radical (unpaired) electrons. The van der Waals surface area contributed by atoms with Crippen LogP contribution in [-0.2, 0) is 4.74 Å². The molecule has 0 bridgehead atoms. The molecule has 21 heavy (non-hydrogen) atoms. The third-order valence-corrected chi connectivity index (χ3v) is 2.44. The van der Waals surface area contributed by atoms with E-state index < -0.39 is 7.25 Å². The number of hydrogen-bond donors (Lipinski definition) is 0. The first-order chi connectivity index (χ1) is 9.83. The number of diazo groups is 1. The van der Waals surface area contributed by atoms with Crippen molar-refractivity contribution in [3.8, 4) is 11.5 Å². The van der Waals surface area contributed by atoms with Crippen LogP contribution in [0.5, 0.6) is 11.5 Å². The SMILES string of the molecule is COc1ccc([N+]#N)cc1OC1CCOC1.F[B-](F)(F)F. The first-order valence-corrected chi connectivity index (χ1v) is 5.98. The highest BCUT2D eigenvalue weighted by molar-refractivity contribution is 6.50. The summed E-state index contributed by atoms with van der Waals surface area (Å²) in [6.45, 7) is 1.31. The van der Waals surface area contributed by atoms with E-state index in [-0.39, 0.29) is 6.10 Å². The quantitative estimate of drug-likeness (QED) is 0.486. The zero-order valence-corrected chi connectivity index (χ0v) is 11.1. The molecule has 1 aromatic carbocycles. The summed E-state index contributed by atoms with van der Waals surface area (Å²) < 4.78 is 55.1. The van der Waals surface area contributed by atoms with Crippen LogP contribution in [0.2, 0.25) is 0 Å². The molecule has 0 aromatic heterocycles. The molecule has 1 aromatic rings. The van der Waals surface area contributed by atoms with Crippen LogP contribution < -0.4 is 9.47 Å². The van der Waals surface area contributed by atoms with Crippen molar-refractivity contribution in [3.63, 3.8) is 0 Å². The van der Waals surface area contributed by atoms with E-state index in [9.17, 15) is 17.3 Å². The molecule has 0 spiro atoms. The molecule has 1 heterocycles. The maximum absolute atomic E-state index is 9.75. The van der Waals surface area contributed by atoms with Crippen LogP contribution in [0.25, 0.3) is 4.98 Å². The minimum atomic E-state index is -6.00. The summed E-state index contributed by atoms with van der Waals surface area (Å²) in [6, 6.07) is 4.99. The molecule has 1 aliphatic rings. The summed E-state index contributed by atoms with van der Waals surface area (Å²) in [4.78, 5) is 3.11. The molecule has 2 rings (SSSR count). The third-order valence-electron chi connectivity index (χ3n) is 2.44. The number of nitrogens with zero attached hydrogens (tertiary/aromatic N) is 2. The van der Waals surface area contributed by atoms with Crippen LogP contribution in [0.3, 0.4) is 0 Å². The monoisotopic (exact) mass is 308 g/mol. The van der Waals surface area contributed by atoms with Crippen molar-refractivity contribution >= 4 is 12.9 Å². The maximum atomic E-state index is 9.75. The molecule has 116 valence electrons. The molecule has 1 atom stereocenters. The van der Waals surface area contributed by atoms with Crippen molar-refractivity contribution in [3.05, 3.63) is 23.2 Å². The second-order valence-electron chi connectivity index (χ2n) is 4.03. The van der Waals surface area contributed by atoms with E-state index >= 15 is 0 Å². The van der Waals surface area contributed by atoms with Crippen molar-refractivity contribution < 1.29 is 31.5 Å². The highest BCUT2D eigenvalue weighted by Gasteiger charge is 2.21.